The van der Waals surface area contributed by atoms with Crippen molar-refractivity contribution in [2.24, 2.45) is 0 Å². The maximum atomic E-state index is 13.0. The third-order valence-electron chi connectivity index (χ3n) is 3.37. The van der Waals surface area contributed by atoms with Crippen molar-refractivity contribution in [2.45, 2.75) is 25.4 Å². The average molecular weight is 334 g/mol. The summed E-state index contributed by atoms with van der Waals surface area (Å²) in [6.07, 6.45) is -1.95. The number of nitrogens with zero attached hydrogens (tertiary/aromatic N) is 1. The van der Waals surface area contributed by atoms with E-state index in [9.17, 15) is 22.4 Å². The lowest BCUT2D eigenvalue weighted by atomic mass is 10.1. The van der Waals surface area contributed by atoms with Gasteiger partial charge in [0.2, 0.25) is 0 Å². The van der Waals surface area contributed by atoms with Gasteiger partial charge >= 0.3 is 6.18 Å². The fraction of sp³-hybridized carbons (Fsp3) is 0.429. The van der Waals surface area contributed by atoms with Crippen molar-refractivity contribution in [1.29, 1.82) is 0 Å². The average Bonchev–Trinajstić information content (AvgIpc) is 2.48. The van der Waals surface area contributed by atoms with Crippen LogP contribution in [-0.2, 0) is 11.0 Å². The molecule has 0 saturated carbocycles. The van der Waals surface area contributed by atoms with E-state index in [-0.39, 0.29) is 4.99 Å². The Morgan fingerprint density at radius 1 is 1.18 bits per heavy atom. The van der Waals surface area contributed by atoms with Crippen LogP contribution in [0.25, 0.3) is 0 Å². The Morgan fingerprint density at radius 2 is 1.82 bits per heavy atom. The molecule has 1 fully saturated rings. The van der Waals surface area contributed by atoms with Gasteiger partial charge in [0.05, 0.1) is 11.3 Å². The predicted molar refractivity (Wildman–Crippen MR) is 78.1 cm³/mol. The fourth-order valence-electron chi connectivity index (χ4n) is 2.28. The van der Waals surface area contributed by atoms with E-state index >= 15 is 0 Å². The van der Waals surface area contributed by atoms with Crippen LogP contribution in [0.15, 0.2) is 18.2 Å². The standard InChI is InChI=1S/C14H14F4N2OS/c15-9-4-5-11(10(8-9)14(16,17)18)19-12(21)13(22)20-6-2-1-3-7-20/h4-5,8H,1-3,6-7H2,(H,19,21). The summed E-state index contributed by atoms with van der Waals surface area (Å²) < 4.78 is 51.6. The van der Waals surface area contributed by atoms with Crippen molar-refractivity contribution in [3.63, 3.8) is 0 Å². The summed E-state index contributed by atoms with van der Waals surface area (Å²) in [6, 6.07) is 2.09. The topological polar surface area (TPSA) is 32.3 Å². The molecular formula is C14H14F4N2OS. The Morgan fingerprint density at radius 3 is 2.41 bits per heavy atom. The zero-order valence-corrected chi connectivity index (χ0v) is 12.4. The van der Waals surface area contributed by atoms with E-state index in [1.807, 2.05) is 0 Å². The zero-order valence-electron chi connectivity index (χ0n) is 11.5. The summed E-state index contributed by atoms with van der Waals surface area (Å²) in [6.45, 7) is 1.23. The van der Waals surface area contributed by atoms with E-state index < -0.39 is 29.2 Å². The number of anilines is 1. The minimum Gasteiger partial charge on any atom is -0.358 e. The summed E-state index contributed by atoms with van der Waals surface area (Å²) in [5.74, 6) is -1.81. The van der Waals surface area contributed by atoms with Crippen LogP contribution in [0.4, 0.5) is 23.2 Å². The second-order valence-electron chi connectivity index (χ2n) is 4.99. The van der Waals surface area contributed by atoms with E-state index in [2.05, 4.69) is 5.32 Å². The highest BCUT2D eigenvalue weighted by Crippen LogP contribution is 2.35. The quantitative estimate of drug-likeness (QED) is 0.629. The van der Waals surface area contributed by atoms with Crippen LogP contribution in [0.3, 0.4) is 0 Å². The molecule has 0 bridgehead atoms. The smallest absolute Gasteiger partial charge is 0.358 e. The molecule has 0 aromatic heterocycles. The van der Waals surface area contributed by atoms with Gasteiger partial charge < -0.3 is 10.2 Å². The summed E-state index contributed by atoms with van der Waals surface area (Å²) in [5.41, 5.74) is -1.74. The Labute approximate surface area is 130 Å². The highest BCUT2D eigenvalue weighted by molar-refractivity contribution is 7.82. The molecule has 2 rings (SSSR count). The molecule has 1 aromatic rings. The van der Waals surface area contributed by atoms with E-state index in [1.165, 1.54) is 0 Å². The molecule has 1 aliphatic rings. The number of benzene rings is 1. The van der Waals surface area contributed by atoms with Gasteiger partial charge in [-0.25, -0.2) is 4.39 Å². The summed E-state index contributed by atoms with van der Waals surface area (Å²) in [7, 11) is 0. The normalized spacial score (nSPS) is 15.5. The molecule has 1 amide bonds. The lowest BCUT2D eigenvalue weighted by molar-refractivity contribution is -0.137. The van der Waals surface area contributed by atoms with Crippen LogP contribution < -0.4 is 5.32 Å². The number of likely N-dealkylation sites (tertiary alicyclic amines) is 1. The SMILES string of the molecule is O=C(Nc1ccc(F)cc1C(F)(F)F)C(=S)N1CCCCC1. The first-order valence-electron chi connectivity index (χ1n) is 6.76. The molecule has 22 heavy (non-hydrogen) atoms. The molecule has 0 spiro atoms. The number of piperidine rings is 1. The predicted octanol–water partition coefficient (Wildman–Crippen LogP) is 3.60. The maximum Gasteiger partial charge on any atom is 0.418 e. The number of carbonyl (C=O) groups is 1. The number of nitrogens with one attached hydrogen (secondary N) is 1. The van der Waals surface area contributed by atoms with Crippen molar-refractivity contribution < 1.29 is 22.4 Å². The minimum absolute atomic E-state index is 0.0443. The molecule has 1 aromatic carbocycles. The van der Waals surface area contributed by atoms with Crippen LogP contribution in [0, 0.1) is 5.82 Å². The summed E-state index contributed by atoms with van der Waals surface area (Å²) in [4.78, 5) is 13.6. The second kappa shape index (κ2) is 6.60. The first kappa shape index (κ1) is 16.7. The van der Waals surface area contributed by atoms with Crippen molar-refractivity contribution in [2.75, 3.05) is 18.4 Å². The van der Waals surface area contributed by atoms with E-state index in [1.54, 1.807) is 4.90 Å². The van der Waals surface area contributed by atoms with Gasteiger partial charge in [0.25, 0.3) is 5.91 Å². The van der Waals surface area contributed by atoms with Crippen LogP contribution in [0.1, 0.15) is 24.8 Å². The van der Waals surface area contributed by atoms with Gasteiger partial charge in [-0.3, -0.25) is 4.79 Å². The maximum absolute atomic E-state index is 13.0. The van der Waals surface area contributed by atoms with Gasteiger partial charge in [-0.2, -0.15) is 13.2 Å². The number of rotatable bonds is 1. The molecule has 3 nitrogen and oxygen atoms in total. The molecule has 0 aliphatic carbocycles. The molecule has 1 heterocycles. The van der Waals surface area contributed by atoms with Crippen LogP contribution in [0.2, 0.25) is 0 Å². The van der Waals surface area contributed by atoms with E-state index in [4.69, 9.17) is 12.2 Å². The summed E-state index contributed by atoms with van der Waals surface area (Å²) >= 11 is 5.02. The van der Waals surface area contributed by atoms with Crippen molar-refractivity contribution in [1.82, 2.24) is 4.90 Å². The first-order valence-corrected chi connectivity index (χ1v) is 7.17. The third kappa shape index (κ3) is 3.94. The van der Waals surface area contributed by atoms with Gasteiger partial charge in [0, 0.05) is 13.1 Å². The molecule has 0 radical (unpaired) electrons. The van der Waals surface area contributed by atoms with Gasteiger partial charge in [-0.1, -0.05) is 12.2 Å². The van der Waals surface area contributed by atoms with Gasteiger partial charge in [-0.05, 0) is 37.5 Å². The fourth-order valence-corrected chi connectivity index (χ4v) is 2.51. The van der Waals surface area contributed by atoms with Gasteiger partial charge in [-0.15, -0.1) is 0 Å². The van der Waals surface area contributed by atoms with E-state index in [0.717, 1.165) is 31.4 Å². The van der Waals surface area contributed by atoms with Crippen molar-refractivity contribution in [3.8, 4) is 0 Å². The summed E-state index contributed by atoms with van der Waals surface area (Å²) in [5, 5.41) is 2.13. The lowest BCUT2D eigenvalue weighted by Gasteiger charge is -2.28. The van der Waals surface area contributed by atoms with Crippen LogP contribution in [0.5, 0.6) is 0 Å². The molecule has 1 N–H and O–H groups in total. The molecule has 8 heteroatoms. The Bertz CT molecular complexity index is 583. The number of hydrogen-bond acceptors (Lipinski definition) is 2. The van der Waals surface area contributed by atoms with Gasteiger partial charge in [0.15, 0.2) is 4.99 Å². The molecule has 0 unspecified atom stereocenters. The van der Waals surface area contributed by atoms with Crippen molar-refractivity contribution >= 4 is 28.8 Å². The number of thiocarbonyl (C=S) groups is 1. The first-order chi connectivity index (χ1) is 10.3. The Hall–Kier alpha value is -1.70. The van der Waals surface area contributed by atoms with Crippen LogP contribution in [-0.4, -0.2) is 28.9 Å². The minimum atomic E-state index is -4.77. The molecule has 1 saturated heterocycles. The highest BCUT2D eigenvalue weighted by atomic mass is 32.1. The van der Waals surface area contributed by atoms with Gasteiger partial charge in [0.1, 0.15) is 5.82 Å². The number of alkyl halides is 3. The number of carbonyl (C=O) groups excluding carboxylic acids is 1. The lowest BCUT2D eigenvalue weighted by Crippen LogP contribution is -2.41. The largest absolute Gasteiger partial charge is 0.418 e. The van der Waals surface area contributed by atoms with E-state index in [0.29, 0.717) is 19.2 Å². The third-order valence-corrected chi connectivity index (χ3v) is 3.82. The highest BCUT2D eigenvalue weighted by Gasteiger charge is 2.35. The van der Waals surface area contributed by atoms with Crippen LogP contribution >= 0.6 is 12.2 Å². The molecule has 0 atom stereocenters. The molecular weight excluding hydrogens is 320 g/mol. The second-order valence-corrected chi connectivity index (χ2v) is 5.38. The zero-order chi connectivity index (χ0) is 16.3. The molecule has 120 valence electrons. The number of amides is 1. The Kier molecular flexibility index (Phi) is 5.00. The number of halogens is 4. The molecule has 1 aliphatic heterocycles. The monoisotopic (exact) mass is 334 g/mol. The Balaban J connectivity index is 2.16. The number of hydrogen-bond donors (Lipinski definition) is 1. The van der Waals surface area contributed by atoms with Crippen molar-refractivity contribution in [3.05, 3.63) is 29.6 Å².